The van der Waals surface area contributed by atoms with E-state index in [0.717, 1.165) is 25.7 Å². The molecule has 0 aromatic carbocycles. The Morgan fingerprint density at radius 2 is 2.33 bits per heavy atom. The molecule has 3 N–H and O–H groups in total. The highest BCUT2D eigenvalue weighted by Crippen LogP contribution is 2.33. The van der Waals surface area contributed by atoms with E-state index >= 15 is 0 Å². The van der Waals surface area contributed by atoms with Crippen LogP contribution in [0.15, 0.2) is 0 Å². The Bertz CT molecular complexity index is 208. The second-order valence-electron chi connectivity index (χ2n) is 4.31. The highest BCUT2D eigenvalue weighted by Gasteiger charge is 2.32. The van der Waals surface area contributed by atoms with Crippen LogP contribution in [0.3, 0.4) is 0 Å². The molecule has 4 heteroatoms. The average Bonchev–Trinajstić information content (AvgIpc) is 2.25. The minimum absolute atomic E-state index is 0.239. The van der Waals surface area contributed by atoms with E-state index in [9.17, 15) is 4.79 Å². The number of methoxy groups -OCH3 is 1. The molecule has 0 heterocycles. The normalized spacial score (nSPS) is 28.7. The third kappa shape index (κ3) is 3.47. The Balaban J connectivity index is 2.54. The number of aliphatic carboxylic acids is 1. The quantitative estimate of drug-likeness (QED) is 0.723. The summed E-state index contributed by atoms with van der Waals surface area (Å²) in [5.74, 6) is -0.750. The smallest absolute Gasteiger partial charge is 0.306 e. The molecule has 1 saturated carbocycles. The molecule has 0 bridgehead atoms. The Morgan fingerprint density at radius 1 is 1.60 bits per heavy atom. The molecule has 0 amide bonds. The predicted molar refractivity (Wildman–Crippen MR) is 57.6 cm³/mol. The van der Waals surface area contributed by atoms with Crippen LogP contribution < -0.4 is 5.73 Å². The van der Waals surface area contributed by atoms with Gasteiger partial charge in [-0.15, -0.1) is 0 Å². The molecule has 1 fully saturated rings. The Hall–Kier alpha value is -0.610. The third-order valence-corrected chi connectivity index (χ3v) is 3.36. The van der Waals surface area contributed by atoms with Gasteiger partial charge in [-0.05, 0) is 38.1 Å². The number of hydrogen-bond acceptors (Lipinski definition) is 3. The number of carboxylic acid groups (broad SMARTS) is 1. The number of carbonyl (C=O) groups is 1. The predicted octanol–water partition coefficient (Wildman–Crippen LogP) is 1.24. The maximum absolute atomic E-state index is 11.1. The van der Waals surface area contributed by atoms with Crippen molar-refractivity contribution in [3.05, 3.63) is 0 Å². The van der Waals surface area contributed by atoms with Gasteiger partial charge in [-0.1, -0.05) is 6.42 Å². The van der Waals surface area contributed by atoms with Gasteiger partial charge in [0.15, 0.2) is 0 Å². The molecule has 0 spiro atoms. The summed E-state index contributed by atoms with van der Waals surface area (Å²) in [7, 11) is 1.70. The molecule has 1 rings (SSSR count). The van der Waals surface area contributed by atoms with Gasteiger partial charge in [0.1, 0.15) is 0 Å². The zero-order valence-electron chi connectivity index (χ0n) is 9.32. The molecule has 4 nitrogen and oxygen atoms in total. The fourth-order valence-corrected chi connectivity index (χ4v) is 2.50. The standard InChI is InChI=1S/C11H21NO3/c1-15-9-4-2-3-8(7-9)10(5-6-12)11(13)14/h8-10H,2-7,12H2,1H3,(H,13,14). The van der Waals surface area contributed by atoms with Gasteiger partial charge in [-0.3, -0.25) is 4.79 Å². The summed E-state index contributed by atoms with van der Waals surface area (Å²) >= 11 is 0. The van der Waals surface area contributed by atoms with E-state index in [2.05, 4.69) is 0 Å². The maximum Gasteiger partial charge on any atom is 0.306 e. The van der Waals surface area contributed by atoms with Gasteiger partial charge >= 0.3 is 5.97 Å². The fourth-order valence-electron chi connectivity index (χ4n) is 2.50. The largest absolute Gasteiger partial charge is 0.481 e. The minimum atomic E-state index is -0.706. The molecule has 88 valence electrons. The summed E-state index contributed by atoms with van der Waals surface area (Å²) in [6.45, 7) is 0.450. The Morgan fingerprint density at radius 3 is 2.87 bits per heavy atom. The van der Waals surface area contributed by atoms with Crippen molar-refractivity contribution in [2.45, 2.75) is 38.2 Å². The number of rotatable bonds is 5. The molecule has 3 atom stereocenters. The summed E-state index contributed by atoms with van der Waals surface area (Å²) in [5.41, 5.74) is 5.45. The van der Waals surface area contributed by atoms with Crippen molar-refractivity contribution in [1.82, 2.24) is 0 Å². The van der Waals surface area contributed by atoms with E-state index < -0.39 is 5.97 Å². The van der Waals surface area contributed by atoms with E-state index in [4.69, 9.17) is 15.6 Å². The van der Waals surface area contributed by atoms with Crippen LogP contribution in [-0.2, 0) is 9.53 Å². The van der Waals surface area contributed by atoms with Gasteiger partial charge < -0.3 is 15.6 Å². The minimum Gasteiger partial charge on any atom is -0.481 e. The Kier molecular flexibility index (Phi) is 5.05. The lowest BCUT2D eigenvalue weighted by Gasteiger charge is -2.31. The number of hydrogen-bond donors (Lipinski definition) is 2. The van der Waals surface area contributed by atoms with Crippen LogP contribution in [-0.4, -0.2) is 30.8 Å². The van der Waals surface area contributed by atoms with Gasteiger partial charge in [0.25, 0.3) is 0 Å². The monoisotopic (exact) mass is 215 g/mol. The number of ether oxygens (including phenoxy) is 1. The Labute approximate surface area is 90.8 Å². The van der Waals surface area contributed by atoms with E-state index in [1.165, 1.54) is 0 Å². The van der Waals surface area contributed by atoms with Gasteiger partial charge in [0, 0.05) is 7.11 Å². The van der Waals surface area contributed by atoms with Crippen LogP contribution in [0, 0.1) is 11.8 Å². The van der Waals surface area contributed by atoms with E-state index in [1.54, 1.807) is 7.11 Å². The molecule has 0 saturated heterocycles. The van der Waals surface area contributed by atoms with Crippen molar-refractivity contribution in [3.63, 3.8) is 0 Å². The van der Waals surface area contributed by atoms with E-state index in [1.807, 2.05) is 0 Å². The molecule has 0 aliphatic heterocycles. The number of nitrogens with two attached hydrogens (primary N) is 1. The van der Waals surface area contributed by atoms with Crippen molar-refractivity contribution in [1.29, 1.82) is 0 Å². The first kappa shape index (κ1) is 12.5. The lowest BCUT2D eigenvalue weighted by molar-refractivity contribution is -0.145. The molecule has 0 aromatic rings. The van der Waals surface area contributed by atoms with Gasteiger partial charge in [0.05, 0.1) is 12.0 Å². The van der Waals surface area contributed by atoms with Crippen molar-refractivity contribution < 1.29 is 14.6 Å². The molecular weight excluding hydrogens is 194 g/mol. The van der Waals surface area contributed by atoms with Crippen molar-refractivity contribution >= 4 is 5.97 Å². The SMILES string of the molecule is COC1CCCC(C(CCN)C(=O)O)C1. The zero-order chi connectivity index (χ0) is 11.3. The van der Waals surface area contributed by atoms with Crippen LogP contribution in [0.2, 0.25) is 0 Å². The topological polar surface area (TPSA) is 72.5 Å². The highest BCUT2D eigenvalue weighted by molar-refractivity contribution is 5.70. The zero-order valence-corrected chi connectivity index (χ0v) is 9.32. The summed E-state index contributed by atoms with van der Waals surface area (Å²) in [4.78, 5) is 11.1. The molecule has 15 heavy (non-hydrogen) atoms. The molecule has 0 radical (unpaired) electrons. The van der Waals surface area contributed by atoms with Crippen molar-refractivity contribution in [2.75, 3.05) is 13.7 Å². The lowest BCUT2D eigenvalue weighted by Crippen LogP contribution is -2.32. The number of carboxylic acids is 1. The maximum atomic E-state index is 11.1. The van der Waals surface area contributed by atoms with Crippen molar-refractivity contribution in [2.24, 2.45) is 17.6 Å². The summed E-state index contributed by atoms with van der Waals surface area (Å²) in [6, 6.07) is 0. The van der Waals surface area contributed by atoms with E-state index in [0.29, 0.717) is 13.0 Å². The van der Waals surface area contributed by atoms with Crippen molar-refractivity contribution in [3.8, 4) is 0 Å². The second kappa shape index (κ2) is 6.08. The van der Waals surface area contributed by atoms with Crippen LogP contribution in [0.25, 0.3) is 0 Å². The second-order valence-corrected chi connectivity index (χ2v) is 4.31. The van der Waals surface area contributed by atoms with E-state index in [-0.39, 0.29) is 17.9 Å². The summed E-state index contributed by atoms with van der Waals surface area (Å²) < 4.78 is 5.31. The van der Waals surface area contributed by atoms with Gasteiger partial charge in [0.2, 0.25) is 0 Å². The van der Waals surface area contributed by atoms with Crippen LogP contribution in [0.5, 0.6) is 0 Å². The average molecular weight is 215 g/mol. The summed E-state index contributed by atoms with van der Waals surface area (Å²) in [6.07, 6.45) is 4.81. The molecule has 3 unspecified atom stereocenters. The molecule has 1 aliphatic rings. The third-order valence-electron chi connectivity index (χ3n) is 3.36. The fraction of sp³-hybridized carbons (Fsp3) is 0.909. The molecular formula is C11H21NO3. The summed E-state index contributed by atoms with van der Waals surface area (Å²) in [5, 5.41) is 9.12. The van der Waals surface area contributed by atoms with Crippen LogP contribution >= 0.6 is 0 Å². The first-order valence-electron chi connectivity index (χ1n) is 5.64. The highest BCUT2D eigenvalue weighted by atomic mass is 16.5. The van der Waals surface area contributed by atoms with Crippen LogP contribution in [0.1, 0.15) is 32.1 Å². The lowest BCUT2D eigenvalue weighted by atomic mass is 9.77. The first-order valence-corrected chi connectivity index (χ1v) is 5.64. The van der Waals surface area contributed by atoms with Gasteiger partial charge in [-0.25, -0.2) is 0 Å². The first-order chi connectivity index (χ1) is 7.19. The molecule has 1 aliphatic carbocycles. The van der Waals surface area contributed by atoms with Crippen LogP contribution in [0.4, 0.5) is 0 Å². The van der Waals surface area contributed by atoms with Gasteiger partial charge in [-0.2, -0.15) is 0 Å². The molecule has 0 aromatic heterocycles.